The van der Waals surface area contributed by atoms with Crippen LogP contribution in [0.1, 0.15) is 30.9 Å². The maximum absolute atomic E-state index is 6.43. The van der Waals surface area contributed by atoms with Gasteiger partial charge in [0.1, 0.15) is 5.75 Å². The van der Waals surface area contributed by atoms with Crippen LogP contribution >= 0.6 is 27.7 Å². The second-order valence-electron chi connectivity index (χ2n) is 6.06. The third-order valence-electron chi connectivity index (χ3n) is 4.79. The highest BCUT2D eigenvalue weighted by Crippen LogP contribution is 2.56. The number of amidine groups is 1. The summed E-state index contributed by atoms with van der Waals surface area (Å²) in [5, 5.41) is 1.21. The third-order valence-corrected chi connectivity index (χ3v) is 6.25. The van der Waals surface area contributed by atoms with Gasteiger partial charge in [-0.3, -0.25) is 0 Å². The Balaban J connectivity index is 1.70. The zero-order valence-electron chi connectivity index (χ0n) is 11.0. The van der Waals surface area contributed by atoms with E-state index in [-0.39, 0.29) is 5.72 Å². The molecule has 20 heavy (non-hydrogen) atoms. The first-order valence-corrected chi connectivity index (χ1v) is 9.01. The molecule has 2 atom stereocenters. The van der Waals surface area contributed by atoms with E-state index in [0.29, 0.717) is 12.0 Å². The lowest BCUT2D eigenvalue weighted by Gasteiger charge is -2.47. The Kier molecular flexibility index (Phi) is 2.35. The fourth-order valence-corrected chi connectivity index (χ4v) is 5.13. The highest BCUT2D eigenvalue weighted by atomic mass is 79.9. The number of benzene rings is 1. The van der Waals surface area contributed by atoms with E-state index in [1.807, 2.05) is 11.8 Å². The first kappa shape index (κ1) is 11.9. The number of halogens is 1. The summed E-state index contributed by atoms with van der Waals surface area (Å²) in [6.45, 7) is 1.11. The summed E-state index contributed by atoms with van der Waals surface area (Å²) in [6.07, 6.45) is 3.55. The van der Waals surface area contributed by atoms with Crippen molar-refractivity contribution in [1.82, 2.24) is 4.90 Å². The molecule has 4 aliphatic rings. The molecule has 0 aromatic heterocycles. The van der Waals surface area contributed by atoms with E-state index in [1.54, 1.807) is 0 Å². The van der Waals surface area contributed by atoms with Crippen molar-refractivity contribution in [3.63, 3.8) is 0 Å². The highest BCUT2D eigenvalue weighted by molar-refractivity contribution is 9.10. The summed E-state index contributed by atoms with van der Waals surface area (Å²) in [7, 11) is 0. The van der Waals surface area contributed by atoms with Gasteiger partial charge in [-0.05, 0) is 31.0 Å². The molecule has 1 aromatic rings. The van der Waals surface area contributed by atoms with Gasteiger partial charge in [-0.15, -0.1) is 0 Å². The zero-order valence-corrected chi connectivity index (χ0v) is 13.4. The minimum Gasteiger partial charge on any atom is -0.465 e. The summed E-state index contributed by atoms with van der Waals surface area (Å²) in [5.41, 5.74) is 1.06. The van der Waals surface area contributed by atoms with Crippen LogP contribution in [-0.4, -0.2) is 28.1 Å². The van der Waals surface area contributed by atoms with Crippen LogP contribution in [0.2, 0.25) is 0 Å². The van der Waals surface area contributed by atoms with Crippen LogP contribution in [0.25, 0.3) is 0 Å². The number of hydrogen-bond acceptors (Lipinski definition) is 4. The molecule has 3 aliphatic heterocycles. The number of ether oxygens (including phenoxy) is 1. The summed E-state index contributed by atoms with van der Waals surface area (Å²) >= 11 is 5.49. The third kappa shape index (κ3) is 1.56. The van der Waals surface area contributed by atoms with Crippen molar-refractivity contribution in [2.45, 2.75) is 31.0 Å². The number of rotatable bonds is 1. The molecule has 0 unspecified atom stereocenters. The summed E-state index contributed by atoms with van der Waals surface area (Å²) in [6, 6.07) is 6.85. The Morgan fingerprint density at radius 2 is 2.30 bits per heavy atom. The van der Waals surface area contributed by atoms with Crippen molar-refractivity contribution < 1.29 is 4.74 Å². The summed E-state index contributed by atoms with van der Waals surface area (Å²) < 4.78 is 7.56. The molecule has 5 rings (SSSR count). The van der Waals surface area contributed by atoms with E-state index in [2.05, 4.69) is 39.0 Å². The Morgan fingerprint density at radius 3 is 3.15 bits per heavy atom. The standard InChI is InChI=1S/C15H15BrN2OS/c16-10-3-4-13-11(7-10)12-8-15(19-13,9-1-2-9)17-14-18(12)5-6-20-14/h3-4,7,9,12H,1-2,5-6,8H2/t12-,15-/m0/s1. The van der Waals surface area contributed by atoms with Crippen molar-refractivity contribution >= 4 is 32.9 Å². The van der Waals surface area contributed by atoms with Crippen LogP contribution in [0.3, 0.4) is 0 Å². The van der Waals surface area contributed by atoms with Gasteiger partial charge in [-0.1, -0.05) is 27.7 Å². The average molecular weight is 351 g/mol. The van der Waals surface area contributed by atoms with Gasteiger partial charge in [0.05, 0.1) is 6.04 Å². The lowest BCUT2D eigenvalue weighted by molar-refractivity contribution is -0.00731. The SMILES string of the molecule is Brc1ccc2c(c1)[C@@H]1C[C@](C3CC3)(N=C3SCCN31)O2. The summed E-state index contributed by atoms with van der Waals surface area (Å²) in [5.74, 6) is 2.81. The van der Waals surface area contributed by atoms with Crippen molar-refractivity contribution in [1.29, 1.82) is 0 Å². The van der Waals surface area contributed by atoms with Gasteiger partial charge >= 0.3 is 0 Å². The van der Waals surface area contributed by atoms with Crippen LogP contribution in [-0.2, 0) is 0 Å². The molecule has 1 aliphatic carbocycles. The Labute approximate surface area is 130 Å². The monoisotopic (exact) mass is 350 g/mol. The highest BCUT2D eigenvalue weighted by Gasteiger charge is 2.56. The maximum Gasteiger partial charge on any atom is 0.207 e. The minimum absolute atomic E-state index is 0.269. The van der Waals surface area contributed by atoms with Gasteiger partial charge in [0.25, 0.3) is 0 Å². The zero-order chi connectivity index (χ0) is 13.3. The topological polar surface area (TPSA) is 24.8 Å². The van der Waals surface area contributed by atoms with Crippen LogP contribution in [0.15, 0.2) is 27.7 Å². The lowest BCUT2D eigenvalue weighted by atomic mass is 9.88. The van der Waals surface area contributed by atoms with Gasteiger partial charge in [-0.2, -0.15) is 0 Å². The number of thioether (sulfide) groups is 1. The molecule has 0 amide bonds. The lowest BCUT2D eigenvalue weighted by Crippen LogP contribution is -2.51. The molecule has 3 nitrogen and oxygen atoms in total. The molecule has 0 spiro atoms. The second-order valence-corrected chi connectivity index (χ2v) is 8.04. The maximum atomic E-state index is 6.43. The molecule has 1 aromatic carbocycles. The van der Waals surface area contributed by atoms with E-state index in [1.165, 1.54) is 23.6 Å². The molecule has 2 fully saturated rings. The molecule has 1 saturated carbocycles. The summed E-state index contributed by atoms with van der Waals surface area (Å²) in [4.78, 5) is 7.54. The van der Waals surface area contributed by atoms with E-state index in [4.69, 9.17) is 9.73 Å². The average Bonchev–Trinajstić information content (AvgIpc) is 3.20. The number of nitrogens with zero attached hydrogens (tertiary/aromatic N) is 2. The van der Waals surface area contributed by atoms with Crippen LogP contribution < -0.4 is 4.74 Å². The molecule has 1 saturated heterocycles. The fraction of sp³-hybridized carbons (Fsp3) is 0.533. The van der Waals surface area contributed by atoms with Gasteiger partial charge in [0.2, 0.25) is 5.72 Å². The number of aliphatic imine (C=N–C) groups is 1. The van der Waals surface area contributed by atoms with Crippen molar-refractivity contribution in [2.75, 3.05) is 12.3 Å². The van der Waals surface area contributed by atoms with Crippen molar-refractivity contribution in [3.05, 3.63) is 28.2 Å². The van der Waals surface area contributed by atoms with Gasteiger partial charge < -0.3 is 9.64 Å². The number of fused-ring (bicyclic) bond motifs is 6. The van der Waals surface area contributed by atoms with Crippen LogP contribution in [0, 0.1) is 5.92 Å². The predicted molar refractivity (Wildman–Crippen MR) is 84.2 cm³/mol. The molecular weight excluding hydrogens is 336 g/mol. The molecule has 2 bridgehead atoms. The first-order valence-electron chi connectivity index (χ1n) is 7.23. The predicted octanol–water partition coefficient (Wildman–Crippen LogP) is 3.80. The van der Waals surface area contributed by atoms with Gasteiger partial charge in [-0.25, -0.2) is 4.99 Å². The van der Waals surface area contributed by atoms with E-state index < -0.39 is 0 Å². The molecule has 0 radical (unpaired) electrons. The molecule has 104 valence electrons. The van der Waals surface area contributed by atoms with E-state index >= 15 is 0 Å². The quantitative estimate of drug-likeness (QED) is 0.770. The van der Waals surface area contributed by atoms with Crippen LogP contribution in [0.5, 0.6) is 5.75 Å². The normalized spacial score (nSPS) is 34.1. The van der Waals surface area contributed by atoms with Crippen molar-refractivity contribution in [3.8, 4) is 5.75 Å². The molecular formula is C15H15BrN2OS. The number of hydrogen-bond donors (Lipinski definition) is 0. The van der Waals surface area contributed by atoms with E-state index in [0.717, 1.165) is 28.9 Å². The minimum atomic E-state index is -0.269. The van der Waals surface area contributed by atoms with Crippen LogP contribution in [0.4, 0.5) is 0 Å². The second kappa shape index (κ2) is 3.95. The van der Waals surface area contributed by atoms with Crippen molar-refractivity contribution in [2.24, 2.45) is 10.9 Å². The molecule has 0 N–H and O–H groups in total. The molecule has 5 heteroatoms. The van der Waals surface area contributed by atoms with E-state index in [9.17, 15) is 0 Å². The smallest absolute Gasteiger partial charge is 0.207 e. The Bertz CT molecular complexity index is 630. The largest absolute Gasteiger partial charge is 0.465 e. The Morgan fingerprint density at radius 1 is 1.40 bits per heavy atom. The van der Waals surface area contributed by atoms with Gasteiger partial charge in [0, 0.05) is 34.7 Å². The van der Waals surface area contributed by atoms with Gasteiger partial charge in [0.15, 0.2) is 5.17 Å². The first-order chi connectivity index (χ1) is 9.75. The Hall–Kier alpha value is -0.680. The fourth-order valence-electron chi connectivity index (χ4n) is 3.68. The molecule has 3 heterocycles.